The first-order chi connectivity index (χ1) is 66.3. The Morgan fingerprint density at radius 1 is 0.231 bits per heavy atom. The van der Waals surface area contributed by atoms with E-state index in [9.17, 15) is 0 Å². The van der Waals surface area contributed by atoms with E-state index in [1.54, 1.807) is 22.3 Å². The van der Waals surface area contributed by atoms with E-state index in [1.165, 1.54) is 200 Å². The lowest BCUT2D eigenvalue weighted by molar-refractivity contribution is -0.0399. The van der Waals surface area contributed by atoms with Crippen molar-refractivity contribution in [2.45, 2.75) is 75.0 Å². The van der Waals surface area contributed by atoms with E-state index >= 15 is 0 Å². The minimum atomic E-state index is 0.168. The number of nitrogens with zero attached hydrogens (tertiary/aromatic N) is 4. The van der Waals surface area contributed by atoms with Gasteiger partial charge in [0, 0.05) is 103 Å². The normalized spacial score (nSPS) is 21.2. The van der Waals surface area contributed by atoms with E-state index in [2.05, 4.69) is 431 Å². The molecule has 0 saturated heterocycles. The molecule has 0 aliphatic heterocycles. The highest BCUT2D eigenvalue weighted by atomic mass is 32.1. The first-order valence-corrected chi connectivity index (χ1v) is 49.6. The zero-order chi connectivity index (χ0) is 87.6. The van der Waals surface area contributed by atoms with Crippen molar-refractivity contribution in [2.75, 3.05) is 9.80 Å². The predicted molar refractivity (Wildman–Crippen MR) is 559 cm³/mol. The van der Waals surface area contributed by atoms with Gasteiger partial charge in [-0.25, -0.2) is 0 Å². The summed E-state index contributed by atoms with van der Waals surface area (Å²) in [6.45, 7) is 0. The molecule has 4 heterocycles. The maximum absolute atomic E-state index is 6.76. The fourth-order valence-electron chi connectivity index (χ4n) is 28.5. The van der Waals surface area contributed by atoms with Crippen LogP contribution in [0.15, 0.2) is 417 Å². The van der Waals surface area contributed by atoms with Gasteiger partial charge in [-0.15, -0.1) is 11.3 Å². The lowest BCUT2D eigenvalue weighted by Gasteiger charge is -2.61. The summed E-state index contributed by atoms with van der Waals surface area (Å²) >= 11 is 1.87. The number of anilines is 6. The minimum Gasteiger partial charge on any atom is -0.454 e. The highest BCUT2D eigenvalue weighted by Gasteiger charge is 2.63. The lowest BCUT2D eigenvalue weighted by atomic mass is 9.43. The third kappa shape index (κ3) is 11.5. The quantitative estimate of drug-likeness (QED) is 0.122. The van der Waals surface area contributed by atoms with Crippen LogP contribution in [-0.4, -0.2) is 9.13 Å². The molecule has 22 aromatic rings. The van der Waals surface area contributed by atoms with Crippen molar-refractivity contribution < 1.29 is 4.42 Å². The van der Waals surface area contributed by atoms with Gasteiger partial charge in [0.2, 0.25) is 0 Å². The highest BCUT2D eigenvalue weighted by molar-refractivity contribution is 7.25. The summed E-state index contributed by atoms with van der Waals surface area (Å²) in [7, 11) is 0. The van der Waals surface area contributed by atoms with Crippen LogP contribution in [0.4, 0.5) is 34.1 Å². The molecule has 8 saturated carbocycles. The summed E-state index contributed by atoms with van der Waals surface area (Å²) in [4.78, 5) is 4.82. The molecule has 0 unspecified atom stereocenters. The second kappa shape index (κ2) is 29.8. The van der Waals surface area contributed by atoms with E-state index < -0.39 is 0 Å². The van der Waals surface area contributed by atoms with Crippen LogP contribution in [0, 0.1) is 47.3 Å². The molecule has 10 aliphatic carbocycles. The third-order valence-electron chi connectivity index (χ3n) is 33.5. The Morgan fingerprint density at radius 2 is 0.612 bits per heavy atom. The van der Waals surface area contributed by atoms with Crippen molar-refractivity contribution in [1.82, 2.24) is 9.13 Å². The number of hydrogen-bond donors (Lipinski definition) is 0. The predicted octanol–water partition coefficient (Wildman–Crippen LogP) is 34.9. The molecule has 4 aromatic heterocycles. The first-order valence-electron chi connectivity index (χ1n) is 48.8. The maximum atomic E-state index is 6.76. The van der Waals surface area contributed by atoms with E-state index in [0.717, 1.165) is 109 Å². The van der Waals surface area contributed by atoms with Crippen LogP contribution in [0.3, 0.4) is 0 Å². The van der Waals surface area contributed by atoms with Crippen LogP contribution in [0.5, 0.6) is 0 Å². The molecule has 0 amide bonds. The molecular weight excluding hydrogens is 1640 g/mol. The van der Waals surface area contributed by atoms with Crippen molar-refractivity contribution in [3.63, 3.8) is 0 Å². The second-order valence-corrected chi connectivity index (χ2v) is 41.3. The number of hydrogen-bond acceptors (Lipinski definition) is 4. The summed E-state index contributed by atoms with van der Waals surface area (Å²) in [5.41, 5.74) is 38.0. The molecular formula is C128H96N4OS. The lowest BCUT2D eigenvalue weighted by Crippen LogP contribution is -2.55. The van der Waals surface area contributed by atoms with Crippen molar-refractivity contribution in [1.29, 1.82) is 0 Å². The number of rotatable bonds is 12. The molecule has 134 heavy (non-hydrogen) atoms. The summed E-state index contributed by atoms with van der Waals surface area (Å²) in [5, 5.41) is 9.79. The monoisotopic (exact) mass is 1740 g/mol. The molecule has 8 fully saturated rings. The van der Waals surface area contributed by atoms with Gasteiger partial charge < -0.3 is 23.4 Å². The molecule has 0 radical (unpaired) electrons. The standard InChI is InChI=1S/C64H48N2O.C64H48N2S/c1-3-12-42(13-4-1)43-22-26-49(27-23-43)65(61-20-11-18-53-52-17-8-10-21-62(52)67-63(53)61)50-28-31-60-56(39-50)55-38-45(25-30-59(55)66(60)48-14-5-2-6-15-48)44-24-29-58-54(37-44)51-16-7-9-19-57(51)64(58)46-33-40-32-41(35-46)36-47(64)34-40;1-3-11-42(12-4-1)43-19-23-49(24-20-43)65(51-25-28-55-54-16-8-10-18-62(54)67-63(55)39-51)50-26-30-60-57(38-50)53-27-21-45(37-61(53)66(60)48-13-5-2-6-14-48)44-22-29-59-56(36-44)52-15-7-9-17-58(52)64(59)46-32-40-31-41(34-46)35-47(64)33-40/h1-31,37-41,46-47H,32-36H2;1-30,36-41,46-47H,31-35H2. The van der Waals surface area contributed by atoms with Gasteiger partial charge >= 0.3 is 0 Å². The minimum absolute atomic E-state index is 0.168. The average molecular weight is 1740 g/mol. The number of thiophene rings is 1. The first kappa shape index (κ1) is 76.8. The number of para-hydroxylation sites is 4. The number of furan rings is 1. The van der Waals surface area contributed by atoms with Crippen LogP contribution < -0.4 is 9.80 Å². The highest BCUT2D eigenvalue weighted by Crippen LogP contribution is 2.72. The SMILES string of the molecule is c1ccc(-c2ccc(N(c3ccc4c(c3)c3cc(-c5ccc6c(c5)-c5ccccc5C65C6CC7CC(C6)CC5C7)ccc3n4-c3ccccc3)c3cccc4c3oc3ccccc34)cc2)cc1.c1ccc(-c2ccc(N(c3ccc4c(c3)sc3ccccc34)c3ccc4c(c3)c3ccc(-c5ccc6c(c5)-c5ccccc5C65C6CC7CC(C6)CC5C7)cc3n4-c3ccccc3)cc2)cc1. The molecule has 640 valence electrons. The van der Waals surface area contributed by atoms with Gasteiger partial charge in [0.05, 0.1) is 27.8 Å². The van der Waals surface area contributed by atoms with Crippen LogP contribution >= 0.6 is 11.3 Å². The Morgan fingerprint density at radius 3 is 1.19 bits per heavy atom. The van der Waals surface area contributed by atoms with Crippen LogP contribution in [0.2, 0.25) is 0 Å². The van der Waals surface area contributed by atoms with Crippen LogP contribution in [0.1, 0.15) is 86.5 Å². The van der Waals surface area contributed by atoms with Crippen molar-refractivity contribution >= 4 is 131 Å². The molecule has 10 aliphatic rings. The van der Waals surface area contributed by atoms with Gasteiger partial charge in [0.15, 0.2) is 5.58 Å². The average Bonchev–Trinajstić information content (AvgIpc) is 1.50. The van der Waals surface area contributed by atoms with E-state index in [1.807, 2.05) is 11.3 Å². The molecule has 5 nitrogen and oxygen atoms in total. The molecule has 32 rings (SSSR count). The number of benzene rings is 18. The van der Waals surface area contributed by atoms with Gasteiger partial charge in [0.1, 0.15) is 5.58 Å². The summed E-state index contributed by atoms with van der Waals surface area (Å²) < 4.78 is 14.3. The Kier molecular flexibility index (Phi) is 17.1. The molecule has 0 atom stereocenters. The zero-order valence-electron chi connectivity index (χ0n) is 74.6. The smallest absolute Gasteiger partial charge is 0.159 e. The molecule has 0 N–H and O–H groups in total. The van der Waals surface area contributed by atoms with Crippen LogP contribution in [0.25, 0.3) is 164 Å². The summed E-state index contributed by atoms with van der Waals surface area (Å²) in [5.74, 6) is 6.79. The maximum Gasteiger partial charge on any atom is 0.159 e. The van der Waals surface area contributed by atoms with Gasteiger partial charge in [-0.3, -0.25) is 0 Å². The van der Waals surface area contributed by atoms with Crippen molar-refractivity contribution in [3.8, 4) is 78.1 Å². The topological polar surface area (TPSA) is 29.5 Å². The number of aromatic nitrogens is 2. The second-order valence-electron chi connectivity index (χ2n) is 40.2. The van der Waals surface area contributed by atoms with Gasteiger partial charge in [-0.1, -0.05) is 267 Å². The van der Waals surface area contributed by atoms with Crippen molar-refractivity contribution in [3.05, 3.63) is 435 Å². The fourth-order valence-corrected chi connectivity index (χ4v) is 29.7. The zero-order valence-corrected chi connectivity index (χ0v) is 75.4. The summed E-state index contributed by atoms with van der Waals surface area (Å²) in [6.07, 6.45) is 14.2. The van der Waals surface area contributed by atoms with Gasteiger partial charge in [0.25, 0.3) is 0 Å². The summed E-state index contributed by atoms with van der Waals surface area (Å²) in [6, 6.07) is 154. The Labute approximate surface area is 784 Å². The Hall–Kier alpha value is -14.8. The van der Waals surface area contributed by atoms with Crippen molar-refractivity contribution in [2.24, 2.45) is 47.3 Å². The van der Waals surface area contributed by atoms with Crippen LogP contribution in [-0.2, 0) is 10.8 Å². The number of fused-ring (bicyclic) bond motifs is 18. The van der Waals surface area contributed by atoms with E-state index in [4.69, 9.17) is 4.42 Å². The Bertz CT molecular complexity index is 8470. The molecule has 18 aromatic carbocycles. The molecule has 2 spiro atoms. The fraction of sp³-hybridized carbons (Fsp3) is 0.156. The Balaban J connectivity index is 0.000000131. The third-order valence-corrected chi connectivity index (χ3v) is 34.7. The van der Waals surface area contributed by atoms with E-state index in [0.29, 0.717) is 0 Å². The van der Waals surface area contributed by atoms with E-state index in [-0.39, 0.29) is 10.8 Å². The molecule has 6 heteroatoms. The largest absolute Gasteiger partial charge is 0.454 e. The van der Waals surface area contributed by atoms with Gasteiger partial charge in [-0.2, -0.15) is 0 Å². The van der Waals surface area contributed by atoms with Gasteiger partial charge in [-0.05, 0) is 346 Å². The molecule has 8 bridgehead atoms.